The lowest BCUT2D eigenvalue weighted by Crippen LogP contribution is -2.03. The molecule has 0 aliphatic heterocycles. The number of halogens is 1. The Kier molecular flexibility index (Phi) is 3.93. The first-order valence-corrected chi connectivity index (χ1v) is 8.57. The fourth-order valence-electron chi connectivity index (χ4n) is 2.75. The monoisotopic (exact) mass is 408 g/mol. The van der Waals surface area contributed by atoms with Gasteiger partial charge < -0.3 is 10.8 Å². The Balaban J connectivity index is 1.98. The molecule has 4 aromatic rings. The van der Waals surface area contributed by atoms with Gasteiger partial charge in [-0.3, -0.25) is 0 Å². The number of hydrogen-bond donors (Lipinski definition) is 2. The summed E-state index contributed by atoms with van der Waals surface area (Å²) in [6.07, 6.45) is 0. The second kappa shape index (κ2) is 6.27. The first-order valence-electron chi connectivity index (χ1n) is 7.78. The lowest BCUT2D eigenvalue weighted by Gasteiger charge is -2.06. The summed E-state index contributed by atoms with van der Waals surface area (Å²) < 4.78 is 2.49. The highest BCUT2D eigenvalue weighted by molar-refractivity contribution is 9.10. The van der Waals surface area contributed by atoms with E-state index < -0.39 is 5.97 Å². The van der Waals surface area contributed by atoms with Crippen molar-refractivity contribution in [3.63, 3.8) is 0 Å². The fraction of sp³-hybridized carbons (Fsp3) is 0. The van der Waals surface area contributed by atoms with Crippen molar-refractivity contribution >= 4 is 33.2 Å². The molecule has 3 N–H and O–H groups in total. The summed E-state index contributed by atoms with van der Waals surface area (Å²) in [5.74, 6) is -0.609. The van der Waals surface area contributed by atoms with E-state index in [1.54, 1.807) is 28.8 Å². The maximum Gasteiger partial charge on any atom is 0.339 e. The van der Waals surface area contributed by atoms with Crippen molar-refractivity contribution in [1.82, 2.24) is 14.6 Å². The molecule has 7 heteroatoms. The number of rotatable bonds is 3. The van der Waals surface area contributed by atoms with Crippen LogP contribution in [-0.4, -0.2) is 25.7 Å². The molecular weight excluding hydrogens is 396 g/mol. The number of aromatic nitrogens is 3. The van der Waals surface area contributed by atoms with Crippen LogP contribution in [0.15, 0.2) is 65.1 Å². The average Bonchev–Trinajstić information content (AvgIpc) is 3.06. The number of anilines is 1. The van der Waals surface area contributed by atoms with Gasteiger partial charge in [-0.05, 0) is 48.5 Å². The van der Waals surface area contributed by atoms with Crippen molar-refractivity contribution in [3.8, 4) is 22.6 Å². The number of benzene rings is 2. The van der Waals surface area contributed by atoms with E-state index in [0.29, 0.717) is 17.2 Å². The maximum absolute atomic E-state index is 11.6. The normalized spacial score (nSPS) is 11.0. The maximum atomic E-state index is 11.6. The number of carboxylic acid groups (broad SMARTS) is 1. The smallest absolute Gasteiger partial charge is 0.339 e. The Hall–Kier alpha value is -3.19. The van der Waals surface area contributed by atoms with E-state index >= 15 is 0 Å². The number of fused-ring (bicyclic) bond motifs is 1. The summed E-state index contributed by atoms with van der Waals surface area (Å²) in [5.41, 5.74) is 9.17. The molecule has 26 heavy (non-hydrogen) atoms. The molecule has 0 bridgehead atoms. The number of nitrogen functional groups attached to an aromatic ring is 1. The first-order chi connectivity index (χ1) is 12.5. The van der Waals surface area contributed by atoms with Gasteiger partial charge in [-0.1, -0.05) is 28.1 Å². The van der Waals surface area contributed by atoms with Crippen molar-refractivity contribution in [2.45, 2.75) is 0 Å². The summed E-state index contributed by atoms with van der Waals surface area (Å²) in [6.45, 7) is 0. The van der Waals surface area contributed by atoms with E-state index in [9.17, 15) is 9.90 Å². The summed E-state index contributed by atoms with van der Waals surface area (Å²) in [4.78, 5) is 16.1. The Morgan fingerprint density at radius 3 is 2.50 bits per heavy atom. The number of nitrogens with two attached hydrogens (primary N) is 1. The largest absolute Gasteiger partial charge is 0.478 e. The topological polar surface area (TPSA) is 93.5 Å². The molecule has 0 radical (unpaired) electrons. The molecule has 2 aromatic heterocycles. The average molecular weight is 409 g/mol. The zero-order valence-corrected chi connectivity index (χ0v) is 15.0. The summed E-state index contributed by atoms with van der Waals surface area (Å²) in [5, 5.41) is 14.0. The van der Waals surface area contributed by atoms with Gasteiger partial charge in [0.1, 0.15) is 5.56 Å². The number of hydrogen-bond acceptors (Lipinski definition) is 4. The van der Waals surface area contributed by atoms with Crippen molar-refractivity contribution in [2.75, 3.05) is 5.73 Å². The molecule has 0 atom stereocenters. The zero-order chi connectivity index (χ0) is 18.3. The predicted octanol–water partition coefficient (Wildman–Crippen LogP) is 4.11. The van der Waals surface area contributed by atoms with Crippen LogP contribution in [0.2, 0.25) is 0 Å². The first kappa shape index (κ1) is 16.3. The van der Waals surface area contributed by atoms with Crippen LogP contribution in [0.25, 0.3) is 28.3 Å². The van der Waals surface area contributed by atoms with Gasteiger partial charge in [0.05, 0.1) is 5.69 Å². The molecule has 2 heterocycles. The quantitative estimate of drug-likeness (QED) is 0.497. The molecule has 0 saturated heterocycles. The van der Waals surface area contributed by atoms with Crippen molar-refractivity contribution in [2.24, 2.45) is 0 Å². The van der Waals surface area contributed by atoms with E-state index in [-0.39, 0.29) is 5.56 Å². The van der Waals surface area contributed by atoms with Crippen LogP contribution in [-0.2, 0) is 0 Å². The number of nitrogens with zero attached hydrogens (tertiary/aromatic N) is 3. The molecule has 0 spiro atoms. The summed E-state index contributed by atoms with van der Waals surface area (Å²) in [6, 6.07) is 18.1. The minimum Gasteiger partial charge on any atom is -0.478 e. The molecule has 128 valence electrons. The van der Waals surface area contributed by atoms with Crippen LogP contribution in [0, 0.1) is 0 Å². The van der Waals surface area contributed by atoms with Crippen LogP contribution >= 0.6 is 15.9 Å². The Bertz CT molecular complexity index is 1140. The highest BCUT2D eigenvalue weighted by Crippen LogP contribution is 2.27. The van der Waals surface area contributed by atoms with E-state index in [4.69, 9.17) is 5.73 Å². The summed E-state index contributed by atoms with van der Waals surface area (Å²) in [7, 11) is 0. The highest BCUT2D eigenvalue weighted by Gasteiger charge is 2.18. The molecule has 0 fully saturated rings. The van der Waals surface area contributed by atoms with E-state index in [1.807, 2.05) is 36.4 Å². The fourth-order valence-corrected chi connectivity index (χ4v) is 3.15. The van der Waals surface area contributed by atoms with Gasteiger partial charge in [0, 0.05) is 21.3 Å². The van der Waals surface area contributed by atoms with Gasteiger partial charge in [0.15, 0.2) is 11.5 Å². The number of pyridine rings is 1. The predicted molar refractivity (Wildman–Crippen MR) is 103 cm³/mol. The van der Waals surface area contributed by atoms with Gasteiger partial charge in [-0.15, -0.1) is 5.10 Å². The van der Waals surface area contributed by atoms with E-state index in [2.05, 4.69) is 26.0 Å². The Morgan fingerprint density at radius 2 is 1.81 bits per heavy atom. The van der Waals surface area contributed by atoms with Crippen LogP contribution in [0.4, 0.5) is 5.69 Å². The molecule has 2 aromatic carbocycles. The minimum absolute atomic E-state index is 0.0953. The number of carbonyl (C=O) groups is 1. The van der Waals surface area contributed by atoms with Gasteiger partial charge in [0.25, 0.3) is 0 Å². The van der Waals surface area contributed by atoms with Crippen LogP contribution in [0.3, 0.4) is 0 Å². The van der Waals surface area contributed by atoms with Crippen molar-refractivity contribution in [1.29, 1.82) is 0 Å². The molecule has 0 unspecified atom stereocenters. The lowest BCUT2D eigenvalue weighted by atomic mass is 10.1. The van der Waals surface area contributed by atoms with Crippen molar-refractivity contribution in [3.05, 3.63) is 70.7 Å². The molecule has 0 amide bonds. The standard InChI is InChI=1S/C19H13BrN4O2/c20-13-3-1-2-12(10-13)16-9-8-15(19(25)26)18-22-17(23-24(16)18)11-4-6-14(21)7-5-11/h1-10H,21H2,(H,25,26). The van der Waals surface area contributed by atoms with E-state index in [1.165, 1.54) is 0 Å². The number of aromatic carboxylic acids is 1. The second-order valence-corrected chi connectivity index (χ2v) is 6.66. The molecular formula is C19H13BrN4O2. The Labute approximate surface area is 157 Å². The van der Waals surface area contributed by atoms with Gasteiger partial charge in [-0.2, -0.15) is 0 Å². The third-order valence-corrected chi connectivity index (χ3v) is 4.50. The molecule has 6 nitrogen and oxygen atoms in total. The molecule has 4 rings (SSSR count). The van der Waals surface area contributed by atoms with E-state index in [0.717, 1.165) is 21.3 Å². The zero-order valence-electron chi connectivity index (χ0n) is 13.4. The number of carboxylic acids is 1. The summed E-state index contributed by atoms with van der Waals surface area (Å²) >= 11 is 3.46. The molecule has 0 saturated carbocycles. The van der Waals surface area contributed by atoms with Crippen LogP contribution in [0.5, 0.6) is 0 Å². The van der Waals surface area contributed by atoms with Gasteiger partial charge in [0.2, 0.25) is 0 Å². The highest BCUT2D eigenvalue weighted by atomic mass is 79.9. The minimum atomic E-state index is -1.05. The SMILES string of the molecule is Nc1ccc(-c2nc3c(C(=O)O)ccc(-c4cccc(Br)c4)n3n2)cc1. The lowest BCUT2D eigenvalue weighted by molar-refractivity contribution is 0.0698. The third kappa shape index (κ3) is 2.82. The third-order valence-electron chi connectivity index (χ3n) is 4.00. The Morgan fingerprint density at radius 1 is 1.04 bits per heavy atom. The van der Waals surface area contributed by atoms with Crippen LogP contribution < -0.4 is 5.73 Å². The second-order valence-electron chi connectivity index (χ2n) is 5.74. The molecule has 0 aliphatic carbocycles. The van der Waals surface area contributed by atoms with Gasteiger partial charge >= 0.3 is 5.97 Å². The van der Waals surface area contributed by atoms with Crippen molar-refractivity contribution < 1.29 is 9.90 Å². The van der Waals surface area contributed by atoms with Crippen LogP contribution in [0.1, 0.15) is 10.4 Å². The van der Waals surface area contributed by atoms with Gasteiger partial charge in [-0.25, -0.2) is 14.3 Å². The molecule has 0 aliphatic rings.